The second-order valence-corrected chi connectivity index (χ2v) is 5.55. The van der Waals surface area contributed by atoms with Crippen LogP contribution in [0.4, 0.5) is 10.5 Å². The minimum atomic E-state index is -0.907. The van der Waals surface area contributed by atoms with Gasteiger partial charge in [-0.15, -0.1) is 0 Å². The van der Waals surface area contributed by atoms with Crippen molar-refractivity contribution in [2.75, 3.05) is 4.90 Å². The molecule has 2 aliphatic rings. The Morgan fingerprint density at radius 1 is 1.30 bits per heavy atom. The van der Waals surface area contributed by atoms with Crippen LogP contribution in [0.1, 0.15) is 37.8 Å². The number of carbonyl (C=O) groups excluding carboxylic acids is 1. The Morgan fingerprint density at radius 2 is 2.05 bits per heavy atom. The summed E-state index contributed by atoms with van der Waals surface area (Å²) >= 11 is 0. The molecule has 0 spiro atoms. The number of carboxylic acid groups (broad SMARTS) is 1. The van der Waals surface area contributed by atoms with Crippen molar-refractivity contribution in [2.24, 2.45) is 5.92 Å². The molecule has 5 nitrogen and oxygen atoms in total. The number of nitrogens with one attached hydrogen (secondary N) is 1. The average Bonchev–Trinajstić information content (AvgIpc) is 2.86. The summed E-state index contributed by atoms with van der Waals surface area (Å²) < 4.78 is 0. The molecule has 1 fully saturated rings. The van der Waals surface area contributed by atoms with Gasteiger partial charge >= 0.3 is 6.09 Å². The molecule has 106 valence electrons. The number of anilines is 1. The quantitative estimate of drug-likeness (QED) is 0.826. The molecule has 3 atom stereocenters. The fraction of sp³-hybridized carbons (Fsp3) is 0.467. The van der Waals surface area contributed by atoms with E-state index in [1.165, 1.54) is 11.8 Å². The van der Waals surface area contributed by atoms with Crippen molar-refractivity contribution >= 4 is 17.7 Å². The second-order valence-electron chi connectivity index (χ2n) is 5.55. The number of benzene rings is 1. The second kappa shape index (κ2) is 4.81. The number of amides is 2. The minimum Gasteiger partial charge on any atom is -0.465 e. The van der Waals surface area contributed by atoms with E-state index in [-0.39, 0.29) is 23.9 Å². The third-order valence-corrected chi connectivity index (χ3v) is 4.39. The number of rotatable bonds is 1. The maximum atomic E-state index is 11.6. The summed E-state index contributed by atoms with van der Waals surface area (Å²) in [6.45, 7) is 1.51. The van der Waals surface area contributed by atoms with Crippen LogP contribution in [0.25, 0.3) is 0 Å². The Labute approximate surface area is 117 Å². The number of nitrogens with zero attached hydrogens (tertiary/aromatic N) is 1. The van der Waals surface area contributed by atoms with Gasteiger partial charge in [0.15, 0.2) is 0 Å². The predicted molar refractivity (Wildman–Crippen MR) is 74.6 cm³/mol. The Balaban J connectivity index is 2.10. The summed E-state index contributed by atoms with van der Waals surface area (Å²) in [5.74, 6) is 0.101. The van der Waals surface area contributed by atoms with Crippen molar-refractivity contribution < 1.29 is 14.7 Å². The van der Waals surface area contributed by atoms with E-state index in [0.717, 1.165) is 24.8 Å². The zero-order chi connectivity index (χ0) is 14.3. The molecule has 1 aliphatic heterocycles. The van der Waals surface area contributed by atoms with Crippen LogP contribution in [-0.2, 0) is 4.79 Å². The Kier molecular flexibility index (Phi) is 3.12. The monoisotopic (exact) mass is 274 g/mol. The van der Waals surface area contributed by atoms with E-state index >= 15 is 0 Å². The van der Waals surface area contributed by atoms with E-state index in [9.17, 15) is 14.7 Å². The highest BCUT2D eigenvalue weighted by Crippen LogP contribution is 2.47. The molecular formula is C15H18N2O3. The fourth-order valence-electron chi connectivity index (χ4n) is 3.71. The molecule has 5 heteroatoms. The molecule has 1 aromatic rings. The zero-order valence-corrected chi connectivity index (χ0v) is 11.4. The lowest BCUT2D eigenvalue weighted by atomic mass is 9.83. The van der Waals surface area contributed by atoms with Gasteiger partial charge in [-0.1, -0.05) is 24.6 Å². The molecule has 0 bridgehead atoms. The summed E-state index contributed by atoms with van der Waals surface area (Å²) in [6.07, 6.45) is 1.91. The van der Waals surface area contributed by atoms with Crippen molar-refractivity contribution in [3.8, 4) is 0 Å². The lowest BCUT2D eigenvalue weighted by Gasteiger charge is -2.42. The normalized spacial score (nSPS) is 27.6. The van der Waals surface area contributed by atoms with Gasteiger partial charge in [0.05, 0.1) is 11.7 Å². The minimum absolute atomic E-state index is 0.0285. The fourth-order valence-corrected chi connectivity index (χ4v) is 3.71. The molecular weight excluding hydrogens is 256 g/mol. The predicted octanol–water partition coefficient (Wildman–Crippen LogP) is 2.53. The van der Waals surface area contributed by atoms with Gasteiger partial charge in [-0.3, -0.25) is 9.69 Å². The number of fused-ring (bicyclic) bond motifs is 2. The molecule has 1 heterocycles. The number of para-hydroxylation sites is 1. The Bertz CT molecular complexity index is 558. The molecule has 20 heavy (non-hydrogen) atoms. The Morgan fingerprint density at radius 3 is 2.75 bits per heavy atom. The summed E-state index contributed by atoms with van der Waals surface area (Å²) in [6, 6.07) is 7.37. The van der Waals surface area contributed by atoms with Crippen LogP contribution in [0.3, 0.4) is 0 Å². The molecule has 0 aromatic heterocycles. The average molecular weight is 274 g/mol. The molecule has 1 aliphatic carbocycles. The zero-order valence-electron chi connectivity index (χ0n) is 11.4. The molecule has 1 saturated carbocycles. The first kappa shape index (κ1) is 13.0. The van der Waals surface area contributed by atoms with E-state index < -0.39 is 6.09 Å². The summed E-state index contributed by atoms with van der Waals surface area (Å²) in [5.41, 5.74) is 1.62. The number of hydrogen-bond donors (Lipinski definition) is 2. The van der Waals surface area contributed by atoms with Crippen LogP contribution in [0, 0.1) is 5.92 Å². The smallest absolute Gasteiger partial charge is 0.412 e. The third-order valence-electron chi connectivity index (χ3n) is 4.39. The van der Waals surface area contributed by atoms with E-state index in [0.29, 0.717) is 5.69 Å². The van der Waals surface area contributed by atoms with E-state index in [2.05, 4.69) is 5.32 Å². The molecule has 2 N–H and O–H groups in total. The van der Waals surface area contributed by atoms with E-state index in [4.69, 9.17) is 0 Å². The van der Waals surface area contributed by atoms with Gasteiger partial charge in [0.1, 0.15) is 0 Å². The first-order valence-electron chi connectivity index (χ1n) is 6.98. The first-order chi connectivity index (χ1) is 9.59. The van der Waals surface area contributed by atoms with Crippen molar-refractivity contribution in [2.45, 2.75) is 38.3 Å². The molecule has 1 aromatic carbocycles. The number of carbonyl (C=O) groups is 2. The van der Waals surface area contributed by atoms with Crippen LogP contribution in [0.5, 0.6) is 0 Å². The summed E-state index contributed by atoms with van der Waals surface area (Å²) in [7, 11) is 0. The van der Waals surface area contributed by atoms with Gasteiger partial charge in [0, 0.05) is 18.9 Å². The lowest BCUT2D eigenvalue weighted by molar-refractivity contribution is -0.120. The largest absolute Gasteiger partial charge is 0.465 e. The maximum absolute atomic E-state index is 11.6. The molecule has 0 radical (unpaired) electrons. The van der Waals surface area contributed by atoms with Crippen LogP contribution < -0.4 is 10.2 Å². The van der Waals surface area contributed by atoms with Gasteiger partial charge < -0.3 is 10.4 Å². The highest BCUT2D eigenvalue weighted by Gasteiger charge is 2.46. The highest BCUT2D eigenvalue weighted by atomic mass is 16.4. The highest BCUT2D eigenvalue weighted by molar-refractivity contribution is 5.89. The van der Waals surface area contributed by atoms with Crippen molar-refractivity contribution in [3.63, 3.8) is 0 Å². The molecule has 2 amide bonds. The Hall–Kier alpha value is -2.04. The van der Waals surface area contributed by atoms with Crippen molar-refractivity contribution in [3.05, 3.63) is 29.8 Å². The van der Waals surface area contributed by atoms with Gasteiger partial charge in [-0.25, -0.2) is 4.79 Å². The van der Waals surface area contributed by atoms with Crippen molar-refractivity contribution in [1.29, 1.82) is 0 Å². The summed E-state index contributed by atoms with van der Waals surface area (Å²) in [5, 5.41) is 12.5. The van der Waals surface area contributed by atoms with Gasteiger partial charge in [0.25, 0.3) is 0 Å². The standard InChI is InChI=1S/C15H18N2O3/c1-9(18)16-14-10-5-2-3-7-12(10)17(15(19)20)13-8-4-6-11(13)14/h2-3,5,7,11,13-14H,4,6,8H2,1H3,(H,16,18)(H,19,20)/t11-,13+,14?/m0/s1. The SMILES string of the molecule is CC(=O)NC1c2ccccc2N(C(=O)O)[C@@H]2CCC[C@H]12. The van der Waals surface area contributed by atoms with E-state index in [1.54, 1.807) is 0 Å². The van der Waals surface area contributed by atoms with Crippen LogP contribution in [0.15, 0.2) is 24.3 Å². The van der Waals surface area contributed by atoms with Gasteiger partial charge in [0.2, 0.25) is 5.91 Å². The molecule has 3 rings (SSSR count). The van der Waals surface area contributed by atoms with E-state index in [1.807, 2.05) is 24.3 Å². The third kappa shape index (κ3) is 1.94. The lowest BCUT2D eigenvalue weighted by Crippen LogP contribution is -2.50. The van der Waals surface area contributed by atoms with Gasteiger partial charge in [-0.05, 0) is 24.5 Å². The topological polar surface area (TPSA) is 69.6 Å². The first-order valence-corrected chi connectivity index (χ1v) is 6.98. The molecule has 0 saturated heterocycles. The number of hydrogen-bond acceptors (Lipinski definition) is 2. The van der Waals surface area contributed by atoms with Crippen molar-refractivity contribution in [1.82, 2.24) is 5.32 Å². The molecule has 1 unspecified atom stereocenters. The van der Waals surface area contributed by atoms with Crippen LogP contribution in [-0.4, -0.2) is 23.1 Å². The summed E-state index contributed by atoms with van der Waals surface area (Å²) in [4.78, 5) is 24.6. The van der Waals surface area contributed by atoms with Gasteiger partial charge in [-0.2, -0.15) is 0 Å². The van der Waals surface area contributed by atoms with Crippen LogP contribution >= 0.6 is 0 Å². The van der Waals surface area contributed by atoms with Crippen LogP contribution in [0.2, 0.25) is 0 Å². The maximum Gasteiger partial charge on any atom is 0.412 e.